The van der Waals surface area contributed by atoms with Gasteiger partial charge in [0.2, 0.25) is 0 Å². The van der Waals surface area contributed by atoms with E-state index in [0.29, 0.717) is 12.3 Å². The van der Waals surface area contributed by atoms with Crippen LogP contribution in [0, 0.1) is 0 Å². The van der Waals surface area contributed by atoms with E-state index in [1.54, 1.807) is 0 Å². The maximum atomic E-state index is 5.88. The van der Waals surface area contributed by atoms with Crippen LogP contribution in [-0.4, -0.2) is 5.84 Å². The number of amidine groups is 1. The van der Waals surface area contributed by atoms with Crippen molar-refractivity contribution in [1.82, 2.24) is 0 Å². The maximum absolute atomic E-state index is 5.88. The minimum Gasteiger partial charge on any atom is -0.387 e. The number of nitrogens with two attached hydrogens (primary N) is 1. The van der Waals surface area contributed by atoms with Gasteiger partial charge >= 0.3 is 0 Å². The summed E-state index contributed by atoms with van der Waals surface area (Å²) in [6.45, 7) is 9.71. The molecule has 0 radical (unpaired) electrons. The molecule has 0 spiro atoms. The Morgan fingerprint density at radius 3 is 2.88 bits per heavy atom. The number of fused-ring (bicyclic) bond motifs is 1. The summed E-state index contributed by atoms with van der Waals surface area (Å²) in [4.78, 5) is 4.43. The van der Waals surface area contributed by atoms with Gasteiger partial charge in [-0.15, -0.1) is 0 Å². The summed E-state index contributed by atoms with van der Waals surface area (Å²) in [7, 11) is 0. The number of hydrogen-bond acceptors (Lipinski definition) is 2. The van der Waals surface area contributed by atoms with E-state index in [1.165, 1.54) is 0 Å². The third-order valence-corrected chi connectivity index (χ3v) is 2.78. The van der Waals surface area contributed by atoms with Crippen molar-refractivity contribution >= 4 is 23.2 Å². The van der Waals surface area contributed by atoms with Gasteiger partial charge in [-0.2, -0.15) is 0 Å². The lowest BCUT2D eigenvalue weighted by atomic mass is 10.0. The largest absolute Gasteiger partial charge is 0.387 e. The van der Waals surface area contributed by atoms with Crippen molar-refractivity contribution in [1.29, 1.82) is 0 Å². The van der Waals surface area contributed by atoms with Gasteiger partial charge in [0.25, 0.3) is 0 Å². The molecule has 1 aromatic carbocycles. The molecule has 0 amide bonds. The Kier molecular flexibility index (Phi) is 2.96. The third-order valence-electron chi connectivity index (χ3n) is 2.78. The summed E-state index contributed by atoms with van der Waals surface area (Å²) < 4.78 is 0. The first-order valence-electron chi connectivity index (χ1n) is 5.56. The van der Waals surface area contributed by atoms with Crippen LogP contribution in [0.3, 0.4) is 0 Å². The van der Waals surface area contributed by atoms with Crippen molar-refractivity contribution in [3.63, 3.8) is 0 Å². The van der Waals surface area contributed by atoms with Crippen LogP contribution in [0.4, 0.5) is 5.69 Å². The molecule has 1 aliphatic rings. The van der Waals surface area contributed by atoms with Crippen molar-refractivity contribution in [2.24, 2.45) is 10.7 Å². The number of nitrogens with zero attached hydrogens (tertiary/aromatic N) is 1. The van der Waals surface area contributed by atoms with Crippen molar-refractivity contribution in [3.05, 3.63) is 54.1 Å². The van der Waals surface area contributed by atoms with Gasteiger partial charge in [-0.25, -0.2) is 4.99 Å². The molecule has 2 nitrogen and oxygen atoms in total. The lowest BCUT2D eigenvalue weighted by molar-refractivity contribution is 1.32. The number of benzene rings is 1. The smallest absolute Gasteiger partial charge is 0.104 e. The van der Waals surface area contributed by atoms with Crippen molar-refractivity contribution in [2.75, 3.05) is 0 Å². The zero-order chi connectivity index (χ0) is 12.4. The fraction of sp³-hybridized carbons (Fsp3) is 0.133. The zero-order valence-corrected chi connectivity index (χ0v) is 10.0. The molecular weight excluding hydrogens is 208 g/mol. The molecule has 17 heavy (non-hydrogen) atoms. The number of hydrogen-bond donors (Lipinski definition) is 1. The van der Waals surface area contributed by atoms with Crippen LogP contribution < -0.4 is 5.73 Å². The highest BCUT2D eigenvalue weighted by Gasteiger charge is 2.08. The van der Waals surface area contributed by atoms with Crippen LogP contribution in [0.2, 0.25) is 0 Å². The van der Waals surface area contributed by atoms with E-state index in [0.717, 1.165) is 28.0 Å². The van der Waals surface area contributed by atoms with Crippen LogP contribution in [0.1, 0.15) is 24.5 Å². The fourth-order valence-electron chi connectivity index (χ4n) is 1.81. The Morgan fingerprint density at radius 2 is 2.24 bits per heavy atom. The molecule has 86 valence electrons. The fourth-order valence-corrected chi connectivity index (χ4v) is 1.81. The second kappa shape index (κ2) is 4.42. The molecule has 0 saturated heterocycles. The molecule has 2 heteroatoms. The molecule has 0 aliphatic carbocycles. The molecule has 1 heterocycles. The van der Waals surface area contributed by atoms with E-state index in [9.17, 15) is 0 Å². The number of rotatable bonds is 2. The molecule has 1 aliphatic heterocycles. The molecule has 0 aromatic heterocycles. The van der Waals surface area contributed by atoms with Crippen molar-refractivity contribution in [3.8, 4) is 0 Å². The summed E-state index contributed by atoms with van der Waals surface area (Å²) in [6.07, 6.45) is 4.55. The van der Waals surface area contributed by atoms with E-state index in [4.69, 9.17) is 5.73 Å². The van der Waals surface area contributed by atoms with Crippen LogP contribution in [0.5, 0.6) is 0 Å². The summed E-state index contributed by atoms with van der Waals surface area (Å²) in [5.41, 5.74) is 11.1. The average Bonchev–Trinajstić information content (AvgIpc) is 2.45. The van der Waals surface area contributed by atoms with Crippen LogP contribution in [0.15, 0.2) is 48.0 Å². The van der Waals surface area contributed by atoms with E-state index < -0.39 is 0 Å². The van der Waals surface area contributed by atoms with Crippen LogP contribution in [0.25, 0.3) is 11.6 Å². The number of allylic oxidation sites excluding steroid dienone is 2. The van der Waals surface area contributed by atoms with Gasteiger partial charge < -0.3 is 5.73 Å². The van der Waals surface area contributed by atoms with Gasteiger partial charge in [0, 0.05) is 12.0 Å². The highest BCUT2D eigenvalue weighted by molar-refractivity contribution is 5.91. The first-order valence-corrected chi connectivity index (χ1v) is 5.56. The molecule has 1 aromatic rings. The van der Waals surface area contributed by atoms with Gasteiger partial charge in [0.05, 0.1) is 5.69 Å². The molecule has 2 N–H and O–H groups in total. The minimum absolute atomic E-state index is 0.619. The zero-order valence-electron chi connectivity index (χ0n) is 10.0. The standard InChI is InChI=1S/C15H16N2/c1-4-11-7-13-6-5-12(10(2)3)9-14(13)17-15(16)8-11/h4-7,9H,1-2,8H2,3H3,(H2,16,17). The third kappa shape index (κ3) is 2.36. The molecule has 2 rings (SSSR count). The average molecular weight is 224 g/mol. The van der Waals surface area contributed by atoms with Crippen LogP contribution in [-0.2, 0) is 0 Å². The lowest BCUT2D eigenvalue weighted by Crippen LogP contribution is -2.10. The summed E-state index contributed by atoms with van der Waals surface area (Å²) in [6, 6.07) is 6.12. The summed E-state index contributed by atoms with van der Waals surface area (Å²) >= 11 is 0. The molecule has 0 saturated carbocycles. The van der Waals surface area contributed by atoms with Gasteiger partial charge in [0.15, 0.2) is 0 Å². The molecule has 0 bridgehead atoms. The predicted molar refractivity (Wildman–Crippen MR) is 75.2 cm³/mol. The minimum atomic E-state index is 0.619. The van der Waals surface area contributed by atoms with E-state index in [-0.39, 0.29) is 0 Å². The van der Waals surface area contributed by atoms with E-state index in [2.05, 4.69) is 30.3 Å². The number of aliphatic imine (C=N–C) groups is 1. The topological polar surface area (TPSA) is 38.4 Å². The van der Waals surface area contributed by atoms with Gasteiger partial charge in [0.1, 0.15) is 5.84 Å². The van der Waals surface area contributed by atoms with Crippen molar-refractivity contribution in [2.45, 2.75) is 13.3 Å². The summed E-state index contributed by atoms with van der Waals surface area (Å²) in [5, 5.41) is 0. The van der Waals surface area contributed by atoms with Gasteiger partial charge in [-0.3, -0.25) is 0 Å². The van der Waals surface area contributed by atoms with E-state index in [1.807, 2.05) is 25.1 Å². The van der Waals surface area contributed by atoms with Gasteiger partial charge in [-0.05, 0) is 30.2 Å². The van der Waals surface area contributed by atoms with Gasteiger partial charge in [-0.1, -0.05) is 36.9 Å². The first-order chi connectivity index (χ1) is 8.10. The normalized spacial score (nSPS) is 14.2. The first kappa shape index (κ1) is 11.4. The molecule has 0 atom stereocenters. The Hall–Kier alpha value is -2.09. The Balaban J connectivity index is 2.59. The second-order valence-electron chi connectivity index (χ2n) is 4.26. The van der Waals surface area contributed by atoms with Crippen LogP contribution >= 0.6 is 0 Å². The maximum Gasteiger partial charge on any atom is 0.104 e. The molecular formula is C15H16N2. The predicted octanol–water partition coefficient (Wildman–Crippen LogP) is 3.68. The molecule has 0 unspecified atom stereocenters. The SMILES string of the molecule is C=CC1=Cc2ccc(C(=C)C)cc2N=C(N)C1. The highest BCUT2D eigenvalue weighted by atomic mass is 14.9. The highest BCUT2D eigenvalue weighted by Crippen LogP contribution is 2.29. The van der Waals surface area contributed by atoms with Crippen molar-refractivity contribution < 1.29 is 0 Å². The Bertz CT molecular complexity index is 548. The quantitative estimate of drug-likeness (QED) is 0.817. The summed E-state index contributed by atoms with van der Waals surface area (Å²) in [5.74, 6) is 0.619. The monoisotopic (exact) mass is 224 g/mol. The Labute approximate surface area is 102 Å². The Morgan fingerprint density at radius 1 is 1.47 bits per heavy atom. The lowest BCUT2D eigenvalue weighted by Gasteiger charge is -2.04. The molecule has 0 fully saturated rings. The van der Waals surface area contributed by atoms with E-state index >= 15 is 0 Å². The second-order valence-corrected chi connectivity index (χ2v) is 4.26.